The number of hydrogen-bond acceptors (Lipinski definition) is 5. The summed E-state index contributed by atoms with van der Waals surface area (Å²) in [6.07, 6.45) is 2.60. The van der Waals surface area contributed by atoms with Crippen molar-refractivity contribution in [3.05, 3.63) is 64.3 Å². The van der Waals surface area contributed by atoms with Crippen LogP contribution in [0.5, 0.6) is 5.88 Å². The molecule has 1 unspecified atom stereocenters. The van der Waals surface area contributed by atoms with Crippen molar-refractivity contribution in [1.29, 1.82) is 0 Å². The van der Waals surface area contributed by atoms with Crippen LogP contribution in [0.4, 0.5) is 5.69 Å². The molecule has 1 atom stereocenters. The van der Waals surface area contributed by atoms with Crippen molar-refractivity contribution in [2.24, 2.45) is 4.99 Å². The number of para-hydroxylation sites is 1. The van der Waals surface area contributed by atoms with Gasteiger partial charge in [0.25, 0.3) is 5.69 Å². The number of ether oxygens (including phenoxy) is 1. The SMILES string of the molecule is CN=C(NCc1ccccc1[N+](=O)[O-])N1CCC(Oc2ccccn2)C1.I. The fraction of sp³-hybridized carbons (Fsp3) is 0.333. The maximum Gasteiger partial charge on any atom is 0.274 e. The van der Waals surface area contributed by atoms with E-state index in [-0.39, 0.29) is 40.7 Å². The Bertz CT molecular complexity index is 788. The highest BCUT2D eigenvalue weighted by Crippen LogP contribution is 2.19. The molecule has 9 heteroatoms. The number of rotatable bonds is 5. The molecular formula is C18H22IN5O3. The predicted octanol–water partition coefficient (Wildman–Crippen LogP) is 2.84. The third kappa shape index (κ3) is 5.52. The van der Waals surface area contributed by atoms with Crippen molar-refractivity contribution in [3.8, 4) is 5.88 Å². The van der Waals surface area contributed by atoms with Crippen molar-refractivity contribution >= 4 is 35.6 Å². The van der Waals surface area contributed by atoms with E-state index in [9.17, 15) is 10.1 Å². The van der Waals surface area contributed by atoms with Crippen LogP contribution in [-0.4, -0.2) is 47.0 Å². The number of nitrogens with one attached hydrogen (secondary N) is 1. The van der Waals surface area contributed by atoms with Gasteiger partial charge in [-0.1, -0.05) is 24.3 Å². The molecule has 3 rings (SSSR count). The standard InChI is InChI=1S/C18H21N5O3.HI/c1-19-18(21-12-14-6-2-3-7-16(14)23(24)25)22-11-9-15(13-22)26-17-8-4-5-10-20-17;/h2-8,10,15H,9,11-13H2,1H3,(H,19,21);1H. The molecule has 1 saturated heterocycles. The monoisotopic (exact) mass is 483 g/mol. The molecule has 1 aromatic heterocycles. The van der Waals surface area contributed by atoms with Crippen LogP contribution in [0.2, 0.25) is 0 Å². The molecule has 144 valence electrons. The molecule has 1 fully saturated rings. The lowest BCUT2D eigenvalue weighted by atomic mass is 10.2. The minimum atomic E-state index is -0.369. The van der Waals surface area contributed by atoms with Crippen molar-refractivity contribution in [2.45, 2.75) is 19.1 Å². The zero-order chi connectivity index (χ0) is 18.4. The second-order valence-electron chi connectivity index (χ2n) is 5.93. The van der Waals surface area contributed by atoms with E-state index >= 15 is 0 Å². The summed E-state index contributed by atoms with van der Waals surface area (Å²) < 4.78 is 5.89. The van der Waals surface area contributed by atoms with Crippen molar-refractivity contribution < 1.29 is 9.66 Å². The van der Waals surface area contributed by atoms with Crippen molar-refractivity contribution in [2.75, 3.05) is 20.1 Å². The molecule has 0 aliphatic carbocycles. The molecule has 0 spiro atoms. The van der Waals surface area contributed by atoms with Crippen molar-refractivity contribution in [1.82, 2.24) is 15.2 Å². The Morgan fingerprint density at radius 2 is 2.15 bits per heavy atom. The quantitative estimate of drug-likeness (QED) is 0.231. The molecule has 8 nitrogen and oxygen atoms in total. The average Bonchev–Trinajstić information content (AvgIpc) is 3.11. The number of guanidine groups is 1. The third-order valence-electron chi connectivity index (χ3n) is 4.21. The van der Waals surface area contributed by atoms with E-state index in [1.165, 1.54) is 6.07 Å². The highest BCUT2D eigenvalue weighted by Gasteiger charge is 2.26. The second-order valence-corrected chi connectivity index (χ2v) is 5.93. The first-order valence-electron chi connectivity index (χ1n) is 8.43. The van der Waals surface area contributed by atoms with Crippen molar-refractivity contribution in [3.63, 3.8) is 0 Å². The molecule has 1 aliphatic heterocycles. The number of aromatic nitrogens is 1. The van der Waals surface area contributed by atoms with E-state index in [1.54, 1.807) is 31.4 Å². The maximum atomic E-state index is 11.1. The molecule has 1 N–H and O–H groups in total. The predicted molar refractivity (Wildman–Crippen MR) is 114 cm³/mol. The number of pyridine rings is 1. The molecule has 1 aliphatic rings. The molecule has 0 bridgehead atoms. The maximum absolute atomic E-state index is 11.1. The van der Waals surface area contributed by atoms with Gasteiger partial charge in [-0.2, -0.15) is 0 Å². The third-order valence-corrected chi connectivity index (χ3v) is 4.21. The van der Waals surface area contributed by atoms with Gasteiger partial charge in [-0.15, -0.1) is 24.0 Å². The lowest BCUT2D eigenvalue weighted by Gasteiger charge is -2.21. The summed E-state index contributed by atoms with van der Waals surface area (Å²) in [5, 5.41) is 14.3. The summed E-state index contributed by atoms with van der Waals surface area (Å²) >= 11 is 0. The first kappa shape index (κ1) is 20.9. The number of aliphatic imine (C=N–C) groups is 1. The second kappa shape index (κ2) is 10.0. The van der Waals surface area contributed by atoms with Crippen LogP contribution in [0.1, 0.15) is 12.0 Å². The Kier molecular flexibility index (Phi) is 7.77. The Hall–Kier alpha value is -2.43. The summed E-state index contributed by atoms with van der Waals surface area (Å²) in [7, 11) is 1.70. The molecule has 0 radical (unpaired) electrons. The van der Waals surface area contributed by atoms with E-state index in [0.717, 1.165) is 13.0 Å². The highest BCUT2D eigenvalue weighted by molar-refractivity contribution is 14.0. The highest BCUT2D eigenvalue weighted by atomic mass is 127. The van der Waals surface area contributed by atoms with Gasteiger partial charge in [-0.05, 0) is 6.07 Å². The van der Waals surface area contributed by atoms with Gasteiger partial charge < -0.3 is 15.0 Å². The molecule has 0 amide bonds. The van der Waals surface area contributed by atoms with Crippen LogP contribution in [0, 0.1) is 10.1 Å². The van der Waals surface area contributed by atoms with Gasteiger partial charge in [0.1, 0.15) is 6.10 Å². The van der Waals surface area contributed by atoms with E-state index in [2.05, 4.69) is 20.2 Å². The Balaban J connectivity index is 0.00000261. The summed E-state index contributed by atoms with van der Waals surface area (Å²) in [6.45, 7) is 1.83. The fourth-order valence-corrected chi connectivity index (χ4v) is 2.95. The fourth-order valence-electron chi connectivity index (χ4n) is 2.95. The Labute approximate surface area is 174 Å². The number of nitrogens with zero attached hydrogens (tertiary/aromatic N) is 4. The van der Waals surface area contributed by atoms with Gasteiger partial charge >= 0.3 is 0 Å². The van der Waals surface area contributed by atoms with E-state index in [4.69, 9.17) is 4.74 Å². The molecule has 0 saturated carbocycles. The van der Waals surface area contributed by atoms with Gasteiger partial charge in [0.15, 0.2) is 5.96 Å². The van der Waals surface area contributed by atoms with Gasteiger partial charge in [0.2, 0.25) is 5.88 Å². The van der Waals surface area contributed by atoms with E-state index < -0.39 is 0 Å². The van der Waals surface area contributed by atoms with Crippen LogP contribution in [0.25, 0.3) is 0 Å². The lowest BCUT2D eigenvalue weighted by Crippen LogP contribution is -2.40. The first-order valence-corrected chi connectivity index (χ1v) is 8.43. The van der Waals surface area contributed by atoms with Gasteiger partial charge in [-0.3, -0.25) is 15.1 Å². The van der Waals surface area contributed by atoms with E-state index in [0.29, 0.717) is 30.5 Å². The van der Waals surface area contributed by atoms with Crippen LogP contribution >= 0.6 is 24.0 Å². The minimum Gasteiger partial charge on any atom is -0.472 e. The van der Waals surface area contributed by atoms with Crippen LogP contribution in [0.15, 0.2) is 53.7 Å². The number of hydrogen-bond donors (Lipinski definition) is 1. The van der Waals surface area contributed by atoms with Gasteiger partial charge in [-0.25, -0.2) is 4.98 Å². The smallest absolute Gasteiger partial charge is 0.274 e. The van der Waals surface area contributed by atoms with Gasteiger partial charge in [0, 0.05) is 50.5 Å². The Morgan fingerprint density at radius 1 is 1.37 bits per heavy atom. The van der Waals surface area contributed by atoms with Crippen LogP contribution in [-0.2, 0) is 6.54 Å². The number of likely N-dealkylation sites (tertiary alicyclic amines) is 1. The first-order chi connectivity index (χ1) is 12.7. The number of halogens is 1. The lowest BCUT2D eigenvalue weighted by molar-refractivity contribution is -0.385. The normalized spacial score (nSPS) is 16.6. The Morgan fingerprint density at radius 3 is 2.85 bits per heavy atom. The molecule has 2 aromatic rings. The van der Waals surface area contributed by atoms with Gasteiger partial charge in [0.05, 0.1) is 11.5 Å². The molecule has 1 aromatic carbocycles. The molecule has 2 heterocycles. The summed E-state index contributed by atoms with van der Waals surface area (Å²) in [5.41, 5.74) is 0.729. The van der Waals surface area contributed by atoms with Crippen LogP contribution in [0.3, 0.4) is 0 Å². The minimum absolute atomic E-state index is 0. The number of nitro benzene ring substituents is 1. The summed E-state index contributed by atoms with van der Waals surface area (Å²) in [4.78, 5) is 21.3. The van der Waals surface area contributed by atoms with E-state index in [1.807, 2.05) is 18.2 Å². The molecular weight excluding hydrogens is 461 g/mol. The molecule has 27 heavy (non-hydrogen) atoms. The summed E-state index contributed by atoms with van der Waals surface area (Å²) in [5.74, 6) is 1.32. The van der Waals surface area contributed by atoms with Crippen LogP contribution < -0.4 is 10.1 Å². The zero-order valence-electron chi connectivity index (χ0n) is 14.9. The number of benzene rings is 1. The zero-order valence-corrected chi connectivity index (χ0v) is 17.3. The number of nitro groups is 1. The largest absolute Gasteiger partial charge is 0.472 e. The summed E-state index contributed by atoms with van der Waals surface area (Å²) in [6, 6.07) is 12.3. The average molecular weight is 483 g/mol. The topological polar surface area (TPSA) is 92.9 Å².